The van der Waals surface area contributed by atoms with E-state index in [-0.39, 0.29) is 17.3 Å². The molecule has 0 bridgehead atoms. The SMILES string of the molecule is C[C@@H]1[C@@H](C)CCC[C@H]1NC(=S)NNC(=O)c1cccc([N+](=O)[O-])c1. The third-order valence-corrected chi connectivity index (χ3v) is 4.85. The number of nitrogens with zero attached hydrogens (tertiary/aromatic N) is 1. The maximum absolute atomic E-state index is 12.0. The molecule has 0 aromatic heterocycles. The van der Waals surface area contributed by atoms with Gasteiger partial charge in [0.15, 0.2) is 5.11 Å². The van der Waals surface area contributed by atoms with Crippen LogP contribution in [0.2, 0.25) is 0 Å². The summed E-state index contributed by atoms with van der Waals surface area (Å²) in [6.45, 7) is 4.44. The normalized spacial score (nSPS) is 23.2. The monoisotopic (exact) mass is 350 g/mol. The molecule has 1 aromatic carbocycles. The van der Waals surface area contributed by atoms with Crippen LogP contribution in [0.1, 0.15) is 43.5 Å². The molecule has 7 nitrogen and oxygen atoms in total. The van der Waals surface area contributed by atoms with Crippen LogP contribution in [-0.4, -0.2) is 22.0 Å². The number of carbonyl (C=O) groups excluding carboxylic acids is 1. The van der Waals surface area contributed by atoms with Gasteiger partial charge >= 0.3 is 0 Å². The third-order valence-electron chi connectivity index (χ3n) is 4.63. The molecule has 3 atom stereocenters. The van der Waals surface area contributed by atoms with E-state index in [1.165, 1.54) is 30.7 Å². The largest absolute Gasteiger partial charge is 0.358 e. The van der Waals surface area contributed by atoms with Gasteiger partial charge in [-0.3, -0.25) is 25.8 Å². The van der Waals surface area contributed by atoms with E-state index >= 15 is 0 Å². The first-order valence-electron chi connectivity index (χ1n) is 7.99. The number of benzene rings is 1. The molecule has 0 unspecified atom stereocenters. The summed E-state index contributed by atoms with van der Waals surface area (Å²) in [6, 6.07) is 5.81. The second-order valence-electron chi connectivity index (χ2n) is 6.23. The second kappa shape index (κ2) is 8.05. The summed E-state index contributed by atoms with van der Waals surface area (Å²) >= 11 is 5.22. The molecule has 1 amide bonds. The first kappa shape index (κ1) is 18.1. The Hall–Kier alpha value is -2.22. The first-order chi connectivity index (χ1) is 11.4. The Kier molecular flexibility index (Phi) is 6.08. The van der Waals surface area contributed by atoms with Gasteiger partial charge in [0, 0.05) is 23.7 Å². The molecule has 0 saturated heterocycles. The molecular formula is C16H22N4O3S. The van der Waals surface area contributed by atoms with E-state index in [2.05, 4.69) is 30.0 Å². The average Bonchev–Trinajstić information content (AvgIpc) is 2.57. The van der Waals surface area contributed by atoms with Crippen molar-refractivity contribution in [1.82, 2.24) is 16.2 Å². The number of thiocarbonyl (C=S) groups is 1. The van der Waals surface area contributed by atoms with Gasteiger partial charge in [0.05, 0.1) is 4.92 Å². The Morgan fingerprint density at radius 2 is 2.04 bits per heavy atom. The Balaban J connectivity index is 1.86. The Morgan fingerprint density at radius 3 is 2.75 bits per heavy atom. The van der Waals surface area contributed by atoms with Crippen LogP contribution in [0.25, 0.3) is 0 Å². The first-order valence-corrected chi connectivity index (χ1v) is 8.40. The molecule has 1 aliphatic rings. The van der Waals surface area contributed by atoms with Crippen LogP contribution >= 0.6 is 12.2 Å². The Labute approximate surface area is 146 Å². The summed E-state index contributed by atoms with van der Waals surface area (Å²) in [4.78, 5) is 22.3. The van der Waals surface area contributed by atoms with Crippen LogP contribution in [0, 0.1) is 22.0 Å². The quantitative estimate of drug-likeness (QED) is 0.440. The van der Waals surface area contributed by atoms with E-state index in [1.807, 2.05) is 0 Å². The van der Waals surface area contributed by atoms with E-state index < -0.39 is 10.8 Å². The number of hydrogen-bond donors (Lipinski definition) is 3. The fourth-order valence-corrected chi connectivity index (χ4v) is 3.14. The van der Waals surface area contributed by atoms with Gasteiger partial charge in [-0.25, -0.2) is 0 Å². The van der Waals surface area contributed by atoms with Crippen LogP contribution in [0.5, 0.6) is 0 Å². The van der Waals surface area contributed by atoms with Crippen LogP contribution < -0.4 is 16.2 Å². The molecule has 0 heterocycles. The van der Waals surface area contributed by atoms with Crippen molar-refractivity contribution in [3.8, 4) is 0 Å². The van der Waals surface area contributed by atoms with Crippen molar-refractivity contribution in [1.29, 1.82) is 0 Å². The van der Waals surface area contributed by atoms with E-state index in [0.717, 1.165) is 12.8 Å². The lowest BCUT2D eigenvalue weighted by Gasteiger charge is -2.35. The average molecular weight is 350 g/mol. The van der Waals surface area contributed by atoms with E-state index in [4.69, 9.17) is 12.2 Å². The van der Waals surface area contributed by atoms with E-state index in [0.29, 0.717) is 16.9 Å². The Morgan fingerprint density at radius 1 is 1.29 bits per heavy atom. The molecule has 1 aromatic rings. The summed E-state index contributed by atoms with van der Waals surface area (Å²) in [5, 5.41) is 14.3. The standard InChI is InChI=1S/C16H22N4O3S/c1-10-5-3-8-14(11(10)2)17-16(24)19-18-15(21)12-6-4-7-13(9-12)20(22)23/h4,6-7,9-11,14H,3,5,8H2,1-2H3,(H,18,21)(H2,17,19,24)/t10-,11+,14+/m0/s1. The zero-order valence-corrected chi connectivity index (χ0v) is 14.6. The number of hydrogen-bond acceptors (Lipinski definition) is 4. The van der Waals surface area contributed by atoms with Crippen molar-refractivity contribution in [3.63, 3.8) is 0 Å². The lowest BCUT2D eigenvalue weighted by atomic mass is 9.78. The summed E-state index contributed by atoms with van der Waals surface area (Å²) in [5.41, 5.74) is 5.19. The highest BCUT2D eigenvalue weighted by Crippen LogP contribution is 2.29. The number of rotatable bonds is 3. The number of amides is 1. The summed E-state index contributed by atoms with van der Waals surface area (Å²) in [5.74, 6) is 0.664. The molecule has 130 valence electrons. The van der Waals surface area contributed by atoms with Gasteiger partial charge in [-0.1, -0.05) is 32.8 Å². The highest BCUT2D eigenvalue weighted by atomic mass is 32.1. The molecule has 0 aliphatic heterocycles. The summed E-state index contributed by atoms with van der Waals surface area (Å²) in [7, 11) is 0. The number of nitro groups is 1. The zero-order chi connectivity index (χ0) is 17.7. The molecular weight excluding hydrogens is 328 g/mol. The highest BCUT2D eigenvalue weighted by Gasteiger charge is 2.27. The summed E-state index contributed by atoms with van der Waals surface area (Å²) < 4.78 is 0. The van der Waals surface area contributed by atoms with Gasteiger partial charge in [0.2, 0.25) is 0 Å². The fourth-order valence-electron chi connectivity index (χ4n) is 2.94. The van der Waals surface area contributed by atoms with Gasteiger partial charge in [-0.15, -0.1) is 0 Å². The van der Waals surface area contributed by atoms with Gasteiger partial charge in [0.25, 0.3) is 11.6 Å². The molecule has 8 heteroatoms. The van der Waals surface area contributed by atoms with Gasteiger partial charge < -0.3 is 5.32 Å². The van der Waals surface area contributed by atoms with Crippen LogP contribution in [0.15, 0.2) is 24.3 Å². The zero-order valence-electron chi connectivity index (χ0n) is 13.7. The lowest BCUT2D eigenvalue weighted by molar-refractivity contribution is -0.384. The van der Waals surface area contributed by atoms with Gasteiger partial charge in [-0.05, 0) is 36.5 Å². The topological polar surface area (TPSA) is 96.3 Å². The number of carbonyl (C=O) groups is 1. The second-order valence-corrected chi connectivity index (χ2v) is 6.64. The smallest absolute Gasteiger partial charge is 0.270 e. The van der Waals surface area contributed by atoms with Crippen molar-refractivity contribution in [2.75, 3.05) is 0 Å². The number of nitrogens with one attached hydrogen (secondary N) is 3. The number of nitro benzene ring substituents is 1. The minimum absolute atomic E-state index is 0.131. The van der Waals surface area contributed by atoms with Crippen molar-refractivity contribution >= 4 is 28.9 Å². The summed E-state index contributed by atoms with van der Waals surface area (Å²) in [6.07, 6.45) is 3.43. The highest BCUT2D eigenvalue weighted by molar-refractivity contribution is 7.80. The maximum atomic E-state index is 12.0. The molecule has 1 saturated carbocycles. The van der Waals surface area contributed by atoms with Gasteiger partial charge in [-0.2, -0.15) is 0 Å². The van der Waals surface area contributed by atoms with Crippen molar-refractivity contribution in [2.45, 2.75) is 39.2 Å². The molecule has 3 N–H and O–H groups in total. The molecule has 1 aliphatic carbocycles. The third kappa shape index (κ3) is 4.64. The van der Waals surface area contributed by atoms with Gasteiger partial charge in [0.1, 0.15) is 0 Å². The molecule has 24 heavy (non-hydrogen) atoms. The van der Waals surface area contributed by atoms with E-state index in [9.17, 15) is 14.9 Å². The van der Waals surface area contributed by atoms with Crippen LogP contribution in [0.4, 0.5) is 5.69 Å². The minimum Gasteiger partial charge on any atom is -0.358 e. The molecule has 0 spiro atoms. The number of hydrazine groups is 1. The fraction of sp³-hybridized carbons (Fsp3) is 0.500. The molecule has 0 radical (unpaired) electrons. The predicted octanol–water partition coefficient (Wildman–Crippen LogP) is 2.53. The number of non-ortho nitro benzene ring substituents is 1. The minimum atomic E-state index is -0.540. The molecule has 1 fully saturated rings. The van der Waals surface area contributed by atoms with Crippen molar-refractivity contribution in [2.24, 2.45) is 11.8 Å². The predicted molar refractivity (Wildman–Crippen MR) is 95.4 cm³/mol. The lowest BCUT2D eigenvalue weighted by Crippen LogP contribution is -2.52. The van der Waals surface area contributed by atoms with Crippen molar-refractivity contribution < 1.29 is 9.72 Å². The van der Waals surface area contributed by atoms with E-state index in [1.54, 1.807) is 0 Å². The molecule has 2 rings (SSSR count). The Bertz CT molecular complexity index is 638. The maximum Gasteiger partial charge on any atom is 0.270 e. The van der Waals surface area contributed by atoms with Crippen LogP contribution in [0.3, 0.4) is 0 Å². The van der Waals surface area contributed by atoms with Crippen molar-refractivity contribution in [3.05, 3.63) is 39.9 Å². The van der Waals surface area contributed by atoms with Crippen LogP contribution in [-0.2, 0) is 0 Å².